The fourth-order valence-electron chi connectivity index (χ4n) is 8.54. The van der Waals surface area contributed by atoms with Gasteiger partial charge in [-0.1, -0.05) is 83.5 Å². The summed E-state index contributed by atoms with van der Waals surface area (Å²) in [6.45, 7) is 5.58. The number of hydrogen-bond donors (Lipinski definition) is 1. The van der Waals surface area contributed by atoms with Crippen molar-refractivity contribution in [2.75, 3.05) is 23.0 Å². The molecule has 11 heteroatoms. The van der Waals surface area contributed by atoms with Gasteiger partial charge in [-0.25, -0.2) is 0 Å². The Morgan fingerprint density at radius 2 is 1.67 bits per heavy atom. The summed E-state index contributed by atoms with van der Waals surface area (Å²) in [5.41, 5.74) is 3.74. The number of benzene rings is 4. The van der Waals surface area contributed by atoms with Gasteiger partial charge in [0.25, 0.3) is 5.91 Å². The molecule has 7 rings (SSSR count). The number of para-hydroxylation sites is 1. The summed E-state index contributed by atoms with van der Waals surface area (Å²) in [5, 5.41) is 9.82. The van der Waals surface area contributed by atoms with E-state index in [9.17, 15) is 19.5 Å². The SMILES string of the molecule is C[C@@H]1[C@@H]([Si](C)(C)F)[C@H](CC(=O)N(CCO)Cc2ccccc2)O[C@@]12C(=O)N(Cc1ccc(N3C(=O)CCc4ccccc43)cc1)c1ccc(Br)cc12. The van der Waals surface area contributed by atoms with Crippen molar-refractivity contribution in [3.05, 3.63) is 124 Å². The third-order valence-electron chi connectivity index (χ3n) is 10.9. The average molecular weight is 785 g/mol. The molecule has 4 aromatic carbocycles. The lowest BCUT2D eigenvalue weighted by Gasteiger charge is -2.31. The van der Waals surface area contributed by atoms with Crippen LogP contribution >= 0.6 is 15.9 Å². The first kappa shape index (κ1) is 36.2. The van der Waals surface area contributed by atoms with Gasteiger partial charge in [0.2, 0.25) is 20.2 Å². The van der Waals surface area contributed by atoms with Crippen LogP contribution in [-0.4, -0.2) is 55.4 Å². The highest BCUT2D eigenvalue weighted by Crippen LogP contribution is 2.60. The van der Waals surface area contributed by atoms with Gasteiger partial charge in [0.1, 0.15) is 0 Å². The van der Waals surface area contributed by atoms with Gasteiger partial charge in [0, 0.05) is 46.7 Å². The van der Waals surface area contributed by atoms with Crippen molar-refractivity contribution < 1.29 is 28.3 Å². The minimum absolute atomic E-state index is 0.0384. The second-order valence-corrected chi connectivity index (χ2v) is 19.3. The first-order valence-corrected chi connectivity index (χ1v) is 21.6. The molecule has 1 N–H and O–H groups in total. The molecule has 3 aliphatic heterocycles. The molecule has 4 atom stereocenters. The quantitative estimate of drug-likeness (QED) is 0.131. The first-order valence-electron chi connectivity index (χ1n) is 17.8. The number of aliphatic hydroxyl groups excluding tert-OH is 1. The standard InChI is InChI=1S/C41H43BrFN3O5Si/c1-27-39(52(2,3)43)36(24-38(49)44(21-22-47)25-28-9-5-4-6-10-28)51-41(27)33-23-31(42)16-19-35(33)45(40(41)50)26-29-13-17-32(18-14-29)46-34-12-8-7-11-30(34)15-20-37(46)48/h4-14,16-19,23,27,36,39,47H,15,20-22,24-26H2,1-3H3/t27-,36+,39-,41+/m1/s1. The molecule has 3 amide bonds. The number of amides is 3. The molecule has 8 nitrogen and oxygen atoms in total. The average Bonchev–Trinajstić information content (AvgIpc) is 3.54. The van der Waals surface area contributed by atoms with Crippen LogP contribution in [0.1, 0.15) is 42.0 Å². The van der Waals surface area contributed by atoms with Crippen molar-refractivity contribution in [1.29, 1.82) is 0 Å². The van der Waals surface area contributed by atoms with E-state index < -0.39 is 31.6 Å². The number of hydrogen-bond acceptors (Lipinski definition) is 5. The van der Waals surface area contributed by atoms with Crippen LogP contribution in [-0.2, 0) is 44.2 Å². The summed E-state index contributed by atoms with van der Waals surface area (Å²) in [4.78, 5) is 46.9. The van der Waals surface area contributed by atoms with Crippen LogP contribution in [0.5, 0.6) is 0 Å². The zero-order valence-electron chi connectivity index (χ0n) is 29.6. The van der Waals surface area contributed by atoms with E-state index in [1.54, 1.807) is 27.8 Å². The number of carbonyl (C=O) groups is 3. The minimum atomic E-state index is -3.51. The zero-order chi connectivity index (χ0) is 36.8. The fourth-order valence-corrected chi connectivity index (χ4v) is 11.4. The van der Waals surface area contributed by atoms with E-state index in [0.717, 1.165) is 32.5 Å². The van der Waals surface area contributed by atoms with Crippen LogP contribution < -0.4 is 9.80 Å². The molecule has 0 bridgehead atoms. The lowest BCUT2D eigenvalue weighted by molar-refractivity contribution is -0.150. The molecule has 52 heavy (non-hydrogen) atoms. The second-order valence-electron chi connectivity index (χ2n) is 14.6. The summed E-state index contributed by atoms with van der Waals surface area (Å²) in [7, 11) is -3.51. The number of fused-ring (bicyclic) bond motifs is 3. The number of halogens is 2. The summed E-state index contributed by atoms with van der Waals surface area (Å²) >= 11 is 3.59. The topological polar surface area (TPSA) is 90.4 Å². The normalized spacial score (nSPS) is 22.5. The van der Waals surface area contributed by atoms with Gasteiger partial charge in [0.05, 0.1) is 37.1 Å². The second kappa shape index (κ2) is 14.3. The van der Waals surface area contributed by atoms with E-state index in [1.807, 2.05) is 104 Å². The maximum Gasteiger partial charge on any atom is 0.264 e. The molecule has 0 radical (unpaired) electrons. The molecule has 3 heterocycles. The lowest BCUT2D eigenvalue weighted by Crippen LogP contribution is -2.45. The van der Waals surface area contributed by atoms with Crippen LogP contribution in [0, 0.1) is 5.92 Å². The summed E-state index contributed by atoms with van der Waals surface area (Å²) < 4.78 is 24.1. The van der Waals surface area contributed by atoms with Crippen LogP contribution in [0.2, 0.25) is 18.6 Å². The number of rotatable bonds is 10. The van der Waals surface area contributed by atoms with Gasteiger partial charge in [-0.05, 0) is 72.6 Å². The zero-order valence-corrected chi connectivity index (χ0v) is 32.2. The molecule has 4 aromatic rings. The first-order chi connectivity index (χ1) is 24.9. The summed E-state index contributed by atoms with van der Waals surface area (Å²) in [6, 6.07) is 30.8. The Balaban J connectivity index is 1.18. The molecule has 1 saturated heterocycles. The maximum absolute atomic E-state index is 16.4. The van der Waals surface area contributed by atoms with Gasteiger partial charge >= 0.3 is 0 Å². The van der Waals surface area contributed by atoms with E-state index in [1.165, 1.54) is 0 Å². The minimum Gasteiger partial charge on any atom is -0.395 e. The molecule has 0 aromatic heterocycles. The highest BCUT2D eigenvalue weighted by atomic mass is 79.9. The van der Waals surface area contributed by atoms with Gasteiger partial charge in [-0.3, -0.25) is 19.3 Å². The molecule has 1 spiro atoms. The Labute approximate surface area is 313 Å². The van der Waals surface area contributed by atoms with E-state index in [-0.39, 0.29) is 43.8 Å². The van der Waals surface area contributed by atoms with E-state index in [4.69, 9.17) is 4.74 Å². The van der Waals surface area contributed by atoms with Crippen molar-refractivity contribution in [3.63, 3.8) is 0 Å². The smallest absolute Gasteiger partial charge is 0.264 e. The Morgan fingerprint density at radius 1 is 0.962 bits per heavy atom. The predicted octanol–water partition coefficient (Wildman–Crippen LogP) is 7.79. The van der Waals surface area contributed by atoms with Crippen molar-refractivity contribution in [3.8, 4) is 0 Å². The third kappa shape index (κ3) is 6.53. The summed E-state index contributed by atoms with van der Waals surface area (Å²) in [5.74, 6) is -1.07. The van der Waals surface area contributed by atoms with Crippen molar-refractivity contribution >= 4 is 59.1 Å². The Hall–Kier alpha value is -4.16. The maximum atomic E-state index is 16.4. The monoisotopic (exact) mass is 783 g/mol. The Bertz CT molecular complexity index is 1990. The number of ether oxygens (including phenoxy) is 1. The van der Waals surface area contributed by atoms with E-state index >= 15 is 4.11 Å². The fraction of sp³-hybridized carbons (Fsp3) is 0.341. The Kier molecular flexibility index (Phi) is 9.98. The number of nitrogens with zero attached hydrogens (tertiary/aromatic N) is 3. The van der Waals surface area contributed by atoms with Gasteiger partial charge in [-0.15, -0.1) is 0 Å². The van der Waals surface area contributed by atoms with Gasteiger partial charge < -0.3 is 23.8 Å². The molecular formula is C41H43BrFN3O5Si. The highest BCUT2D eigenvalue weighted by Gasteiger charge is 2.67. The highest BCUT2D eigenvalue weighted by molar-refractivity contribution is 9.10. The number of anilines is 3. The predicted molar refractivity (Wildman–Crippen MR) is 205 cm³/mol. The van der Waals surface area contributed by atoms with Crippen LogP contribution in [0.4, 0.5) is 21.2 Å². The van der Waals surface area contributed by atoms with Gasteiger partial charge in [0.15, 0.2) is 5.60 Å². The largest absolute Gasteiger partial charge is 0.395 e. The number of aliphatic hydroxyl groups is 1. The molecule has 0 unspecified atom stereocenters. The van der Waals surface area contributed by atoms with Crippen LogP contribution in [0.3, 0.4) is 0 Å². The van der Waals surface area contributed by atoms with Crippen LogP contribution in [0.15, 0.2) is 102 Å². The molecule has 0 aliphatic carbocycles. The van der Waals surface area contributed by atoms with Crippen LogP contribution in [0.25, 0.3) is 0 Å². The molecule has 3 aliphatic rings. The van der Waals surface area contributed by atoms with Crippen molar-refractivity contribution in [2.24, 2.45) is 5.92 Å². The van der Waals surface area contributed by atoms with Gasteiger partial charge in [-0.2, -0.15) is 0 Å². The van der Waals surface area contributed by atoms with Crippen molar-refractivity contribution in [1.82, 2.24) is 4.90 Å². The summed E-state index contributed by atoms with van der Waals surface area (Å²) in [6.07, 6.45) is 0.198. The third-order valence-corrected chi connectivity index (χ3v) is 13.8. The number of aryl methyl sites for hydroxylation is 1. The van der Waals surface area contributed by atoms with E-state index in [0.29, 0.717) is 30.6 Å². The van der Waals surface area contributed by atoms with E-state index in [2.05, 4.69) is 15.9 Å². The van der Waals surface area contributed by atoms with Crippen molar-refractivity contribution in [2.45, 2.75) is 69.6 Å². The Morgan fingerprint density at radius 3 is 2.38 bits per heavy atom. The molecular weight excluding hydrogens is 741 g/mol. The molecule has 270 valence electrons. The number of carbonyl (C=O) groups excluding carboxylic acids is 3. The molecule has 1 fully saturated rings. The lowest BCUT2D eigenvalue weighted by atomic mass is 9.82. The molecule has 0 saturated carbocycles.